The van der Waals surface area contributed by atoms with Crippen LogP contribution in [0.3, 0.4) is 0 Å². The van der Waals surface area contributed by atoms with Crippen LogP contribution in [0.5, 0.6) is 17.2 Å². The number of ether oxygens (including phenoxy) is 3. The molecule has 25 heavy (non-hydrogen) atoms. The molecular weight excluding hydrogens is 318 g/mol. The standard InChI is InChI=1S/C20H25NO4/c1-14-7-5-6-8-19(14)24-13-15(2)21-20(22)16(3)25-18-11-9-17(23-4)10-12-18/h5-12,15-16H,13H2,1-4H3,(H,21,22)/t15-,16-/m1/s1. The van der Waals surface area contributed by atoms with Crippen molar-refractivity contribution >= 4 is 5.91 Å². The molecule has 0 radical (unpaired) electrons. The summed E-state index contributed by atoms with van der Waals surface area (Å²) in [4.78, 5) is 12.2. The summed E-state index contributed by atoms with van der Waals surface area (Å²) in [7, 11) is 1.60. The number of aryl methyl sites for hydroxylation is 1. The minimum absolute atomic E-state index is 0.131. The molecule has 0 aromatic heterocycles. The van der Waals surface area contributed by atoms with Gasteiger partial charge in [-0.25, -0.2) is 0 Å². The smallest absolute Gasteiger partial charge is 0.261 e. The molecular formula is C20H25NO4. The van der Waals surface area contributed by atoms with E-state index in [2.05, 4.69) is 5.32 Å². The first-order chi connectivity index (χ1) is 12.0. The highest BCUT2D eigenvalue weighted by Gasteiger charge is 2.17. The van der Waals surface area contributed by atoms with Crippen molar-refractivity contribution in [1.82, 2.24) is 5.32 Å². The van der Waals surface area contributed by atoms with Gasteiger partial charge in [-0.05, 0) is 56.7 Å². The van der Waals surface area contributed by atoms with Crippen LogP contribution in [0.4, 0.5) is 0 Å². The Kier molecular flexibility index (Phi) is 6.69. The van der Waals surface area contributed by atoms with E-state index in [9.17, 15) is 4.79 Å². The summed E-state index contributed by atoms with van der Waals surface area (Å²) in [5.41, 5.74) is 1.07. The van der Waals surface area contributed by atoms with Crippen molar-refractivity contribution in [3.63, 3.8) is 0 Å². The molecule has 2 aromatic rings. The predicted octanol–water partition coefficient (Wildman–Crippen LogP) is 3.35. The highest BCUT2D eigenvalue weighted by molar-refractivity contribution is 5.81. The normalized spacial score (nSPS) is 12.8. The van der Waals surface area contributed by atoms with E-state index >= 15 is 0 Å². The second-order valence-corrected chi connectivity index (χ2v) is 5.92. The van der Waals surface area contributed by atoms with Gasteiger partial charge in [0.25, 0.3) is 5.91 Å². The Morgan fingerprint density at radius 3 is 2.32 bits per heavy atom. The molecule has 2 aromatic carbocycles. The predicted molar refractivity (Wildman–Crippen MR) is 97.4 cm³/mol. The quantitative estimate of drug-likeness (QED) is 0.798. The van der Waals surface area contributed by atoms with Gasteiger partial charge in [-0.1, -0.05) is 18.2 Å². The second-order valence-electron chi connectivity index (χ2n) is 5.92. The molecule has 0 spiro atoms. The zero-order chi connectivity index (χ0) is 18.2. The third-order valence-electron chi connectivity index (χ3n) is 3.71. The minimum atomic E-state index is -0.602. The van der Waals surface area contributed by atoms with E-state index in [1.807, 2.05) is 38.1 Å². The van der Waals surface area contributed by atoms with Crippen LogP contribution in [-0.4, -0.2) is 31.8 Å². The van der Waals surface area contributed by atoms with Gasteiger partial charge in [-0.15, -0.1) is 0 Å². The van der Waals surface area contributed by atoms with E-state index in [1.54, 1.807) is 38.3 Å². The first-order valence-electron chi connectivity index (χ1n) is 8.29. The molecule has 1 amide bonds. The van der Waals surface area contributed by atoms with Crippen molar-refractivity contribution in [2.45, 2.75) is 32.9 Å². The Balaban J connectivity index is 1.80. The maximum Gasteiger partial charge on any atom is 0.261 e. The van der Waals surface area contributed by atoms with Crippen molar-refractivity contribution < 1.29 is 19.0 Å². The summed E-state index contributed by atoms with van der Waals surface area (Å²) in [6.45, 7) is 6.00. The summed E-state index contributed by atoms with van der Waals surface area (Å²) in [5, 5.41) is 2.90. The number of benzene rings is 2. The number of methoxy groups -OCH3 is 1. The molecule has 0 saturated heterocycles. The lowest BCUT2D eigenvalue weighted by atomic mass is 10.2. The van der Waals surface area contributed by atoms with Crippen molar-refractivity contribution in [3.05, 3.63) is 54.1 Å². The molecule has 0 bridgehead atoms. The maximum absolute atomic E-state index is 12.2. The lowest BCUT2D eigenvalue weighted by Crippen LogP contribution is -2.43. The van der Waals surface area contributed by atoms with Gasteiger partial charge in [0, 0.05) is 0 Å². The molecule has 2 rings (SSSR count). The minimum Gasteiger partial charge on any atom is -0.497 e. The Morgan fingerprint density at radius 1 is 1.04 bits per heavy atom. The first kappa shape index (κ1) is 18.6. The fraction of sp³-hybridized carbons (Fsp3) is 0.350. The summed E-state index contributed by atoms with van der Waals surface area (Å²) in [6.07, 6.45) is -0.602. The first-order valence-corrected chi connectivity index (χ1v) is 8.29. The molecule has 0 aliphatic carbocycles. The molecule has 5 heteroatoms. The summed E-state index contributed by atoms with van der Waals surface area (Å²) in [6, 6.07) is 14.8. The van der Waals surface area contributed by atoms with Crippen LogP contribution in [0.25, 0.3) is 0 Å². The molecule has 134 valence electrons. The van der Waals surface area contributed by atoms with Gasteiger partial charge in [0.15, 0.2) is 6.10 Å². The van der Waals surface area contributed by atoms with Gasteiger partial charge in [-0.2, -0.15) is 0 Å². The number of rotatable bonds is 8. The monoisotopic (exact) mass is 343 g/mol. The number of amides is 1. The van der Waals surface area contributed by atoms with Gasteiger partial charge in [0.2, 0.25) is 0 Å². The summed E-state index contributed by atoms with van der Waals surface area (Å²) in [5.74, 6) is 2.00. The lowest BCUT2D eigenvalue weighted by Gasteiger charge is -2.19. The largest absolute Gasteiger partial charge is 0.497 e. The van der Waals surface area contributed by atoms with Crippen LogP contribution < -0.4 is 19.5 Å². The number of carbonyl (C=O) groups excluding carboxylic acids is 1. The van der Waals surface area contributed by atoms with Crippen molar-refractivity contribution in [3.8, 4) is 17.2 Å². The van der Waals surface area contributed by atoms with Crippen LogP contribution in [0, 0.1) is 6.92 Å². The Morgan fingerprint density at radius 2 is 1.68 bits per heavy atom. The van der Waals surface area contributed by atoms with Gasteiger partial charge in [-0.3, -0.25) is 4.79 Å². The molecule has 5 nitrogen and oxygen atoms in total. The number of nitrogens with one attached hydrogen (secondary N) is 1. The third kappa shape index (κ3) is 5.71. The average molecular weight is 343 g/mol. The molecule has 0 unspecified atom stereocenters. The summed E-state index contributed by atoms with van der Waals surface area (Å²) < 4.78 is 16.5. The summed E-state index contributed by atoms with van der Waals surface area (Å²) >= 11 is 0. The van der Waals surface area contributed by atoms with Crippen molar-refractivity contribution in [1.29, 1.82) is 0 Å². The second kappa shape index (κ2) is 8.97. The third-order valence-corrected chi connectivity index (χ3v) is 3.71. The number of hydrogen-bond acceptors (Lipinski definition) is 4. The highest BCUT2D eigenvalue weighted by Crippen LogP contribution is 2.18. The van der Waals surface area contributed by atoms with Gasteiger partial charge < -0.3 is 19.5 Å². The van der Waals surface area contributed by atoms with E-state index in [1.165, 1.54) is 0 Å². The molecule has 0 aliphatic heterocycles. The van der Waals surface area contributed by atoms with E-state index < -0.39 is 6.10 Å². The van der Waals surface area contributed by atoms with Crippen molar-refractivity contribution in [2.75, 3.05) is 13.7 Å². The fourth-order valence-electron chi connectivity index (χ4n) is 2.25. The van der Waals surface area contributed by atoms with Crippen LogP contribution in [-0.2, 0) is 4.79 Å². The van der Waals surface area contributed by atoms with E-state index in [0.29, 0.717) is 12.4 Å². The van der Waals surface area contributed by atoms with Gasteiger partial charge in [0.05, 0.1) is 13.2 Å². The van der Waals surface area contributed by atoms with E-state index in [4.69, 9.17) is 14.2 Å². The van der Waals surface area contributed by atoms with Gasteiger partial charge >= 0.3 is 0 Å². The van der Waals surface area contributed by atoms with Crippen molar-refractivity contribution in [2.24, 2.45) is 0 Å². The highest BCUT2D eigenvalue weighted by atomic mass is 16.5. The van der Waals surface area contributed by atoms with Crippen LogP contribution >= 0.6 is 0 Å². The Bertz CT molecular complexity index is 684. The molecule has 0 aliphatic rings. The molecule has 1 N–H and O–H groups in total. The SMILES string of the molecule is COc1ccc(O[C@H](C)C(=O)N[C@H](C)COc2ccccc2C)cc1. The molecule has 2 atom stereocenters. The van der Waals surface area contributed by atoms with Crippen LogP contribution in [0.1, 0.15) is 19.4 Å². The zero-order valence-corrected chi connectivity index (χ0v) is 15.1. The van der Waals surface area contributed by atoms with Crippen LogP contribution in [0.15, 0.2) is 48.5 Å². The average Bonchev–Trinajstić information content (AvgIpc) is 2.61. The van der Waals surface area contributed by atoms with E-state index in [-0.39, 0.29) is 11.9 Å². The number of hydrogen-bond donors (Lipinski definition) is 1. The zero-order valence-electron chi connectivity index (χ0n) is 15.1. The molecule has 0 fully saturated rings. The van der Waals surface area contributed by atoms with Crippen LogP contribution in [0.2, 0.25) is 0 Å². The maximum atomic E-state index is 12.2. The number of para-hydroxylation sites is 1. The fourth-order valence-corrected chi connectivity index (χ4v) is 2.25. The van der Waals surface area contributed by atoms with E-state index in [0.717, 1.165) is 17.1 Å². The van der Waals surface area contributed by atoms with Gasteiger partial charge in [0.1, 0.15) is 23.9 Å². The Hall–Kier alpha value is -2.69. The number of carbonyl (C=O) groups is 1. The lowest BCUT2D eigenvalue weighted by molar-refractivity contribution is -0.128. The molecule has 0 heterocycles. The Labute approximate surface area is 148 Å². The molecule has 0 saturated carbocycles. The topological polar surface area (TPSA) is 56.8 Å².